The van der Waals surface area contributed by atoms with E-state index in [0.717, 1.165) is 22.6 Å². The fraction of sp³-hybridized carbons (Fsp3) is 1.00. The minimum absolute atomic E-state index is 0.330. The van der Waals surface area contributed by atoms with Crippen LogP contribution in [-0.4, -0.2) is 50.4 Å². The molecule has 74 valence electrons. The van der Waals surface area contributed by atoms with Gasteiger partial charge >= 0.3 is 8.80 Å². The molecule has 0 aliphatic heterocycles. The van der Waals surface area contributed by atoms with Crippen LogP contribution in [0.1, 0.15) is 0 Å². The van der Waals surface area contributed by atoms with Crippen LogP contribution in [0.5, 0.6) is 0 Å². The molecule has 0 unspecified atom stereocenters. The summed E-state index contributed by atoms with van der Waals surface area (Å²) in [5.74, 6) is 0. The highest BCUT2D eigenvalue weighted by Crippen LogP contribution is 2.14. The van der Waals surface area contributed by atoms with E-state index in [2.05, 4.69) is 0 Å². The van der Waals surface area contributed by atoms with Crippen LogP contribution in [0, 0.1) is 0 Å². The average Bonchev–Trinajstić information content (AvgIpc) is 2.14. The minimum atomic E-state index is -2.28. The summed E-state index contributed by atoms with van der Waals surface area (Å²) in [4.78, 5) is 0. The van der Waals surface area contributed by atoms with Crippen molar-refractivity contribution in [3.05, 3.63) is 0 Å². The molecule has 0 aromatic heterocycles. The zero-order valence-electron chi connectivity index (χ0n) is 8.25. The highest BCUT2D eigenvalue weighted by molar-refractivity contribution is 6.61. The molecule has 0 saturated heterocycles. The van der Waals surface area contributed by atoms with Crippen molar-refractivity contribution in [2.75, 3.05) is 21.3 Å². The Morgan fingerprint density at radius 2 is 1.67 bits per heavy atom. The van der Waals surface area contributed by atoms with E-state index < -0.39 is 8.80 Å². The first kappa shape index (κ1) is 12.5. The molecule has 0 aromatic carbocycles. The lowest BCUT2D eigenvalue weighted by molar-refractivity contribution is 0.125. The third-order valence-electron chi connectivity index (χ3n) is 1.76. The molecule has 0 spiro atoms. The van der Waals surface area contributed by atoms with Gasteiger partial charge in [-0.2, -0.15) is 0 Å². The van der Waals surface area contributed by atoms with Gasteiger partial charge in [0.1, 0.15) is 20.2 Å². The van der Waals surface area contributed by atoms with Gasteiger partial charge in [0.15, 0.2) is 0 Å². The maximum absolute atomic E-state index is 5.26. The van der Waals surface area contributed by atoms with Gasteiger partial charge in [-0.25, -0.2) is 0 Å². The summed E-state index contributed by atoms with van der Waals surface area (Å²) >= 11 is 0. The Balaban J connectivity index is 3.76. The van der Waals surface area contributed by atoms with Crippen LogP contribution in [0.15, 0.2) is 0 Å². The maximum Gasteiger partial charge on any atom is 0.499 e. The van der Waals surface area contributed by atoms with Gasteiger partial charge in [0, 0.05) is 27.4 Å². The summed E-state index contributed by atoms with van der Waals surface area (Å²) in [5.41, 5.74) is 0. The Kier molecular flexibility index (Phi) is 7.23. The van der Waals surface area contributed by atoms with Crippen molar-refractivity contribution in [3.63, 3.8) is 0 Å². The summed E-state index contributed by atoms with van der Waals surface area (Å²) < 4.78 is 21.0. The highest BCUT2D eigenvalue weighted by atomic mass is 28.4. The zero-order valence-corrected chi connectivity index (χ0v) is 12.7. The Labute approximate surface area is 80.4 Å². The first-order valence-electron chi connectivity index (χ1n) is 3.89. The third kappa shape index (κ3) is 3.94. The molecular weight excluding hydrogens is 208 g/mol. The van der Waals surface area contributed by atoms with Gasteiger partial charge in [0.25, 0.3) is 0 Å². The number of rotatable bonds is 7. The molecule has 0 aliphatic carbocycles. The van der Waals surface area contributed by atoms with Crippen LogP contribution in [0.25, 0.3) is 0 Å². The zero-order chi connectivity index (χ0) is 9.45. The second kappa shape index (κ2) is 6.95. The summed E-state index contributed by atoms with van der Waals surface area (Å²) in [6.07, 6.45) is 0. The minimum Gasteiger partial charge on any atom is -0.468 e. The van der Waals surface area contributed by atoms with Crippen LogP contribution in [0.3, 0.4) is 0 Å². The van der Waals surface area contributed by atoms with Crippen LogP contribution < -0.4 is 0 Å². The van der Waals surface area contributed by atoms with Gasteiger partial charge in [0.2, 0.25) is 0 Å². The van der Waals surface area contributed by atoms with Gasteiger partial charge in [-0.05, 0) is 6.04 Å². The van der Waals surface area contributed by atoms with E-state index in [1.54, 1.807) is 21.3 Å². The summed E-state index contributed by atoms with van der Waals surface area (Å²) in [5, 5.41) is 0. The SMILES string of the molecule is CO[Si](CC[SiH2]O[SiH3])(OC)OC. The van der Waals surface area contributed by atoms with Crippen molar-refractivity contribution < 1.29 is 17.4 Å². The lowest BCUT2D eigenvalue weighted by atomic mass is 11.0. The molecule has 0 N–H and O–H groups in total. The van der Waals surface area contributed by atoms with E-state index in [4.69, 9.17) is 17.4 Å². The normalized spacial score (nSPS) is 13.2. The van der Waals surface area contributed by atoms with Crippen molar-refractivity contribution in [1.82, 2.24) is 0 Å². The van der Waals surface area contributed by atoms with Crippen molar-refractivity contribution in [1.29, 1.82) is 0 Å². The van der Waals surface area contributed by atoms with Gasteiger partial charge in [0.05, 0.1) is 0 Å². The monoisotopic (exact) mass is 226 g/mol. The Morgan fingerprint density at radius 3 is 2.00 bits per heavy atom. The first-order chi connectivity index (χ1) is 5.74. The lowest BCUT2D eigenvalue weighted by Crippen LogP contribution is -2.42. The molecule has 0 radical (unpaired) electrons. The molecular formula is C5H18O4Si3. The molecule has 0 bridgehead atoms. The molecule has 0 amide bonds. The van der Waals surface area contributed by atoms with Gasteiger partial charge in [-0.1, -0.05) is 0 Å². The smallest absolute Gasteiger partial charge is 0.468 e. The molecule has 4 nitrogen and oxygen atoms in total. The average molecular weight is 226 g/mol. The lowest BCUT2D eigenvalue weighted by Gasteiger charge is -2.23. The van der Waals surface area contributed by atoms with Crippen LogP contribution in [-0.2, 0) is 17.4 Å². The second-order valence-electron chi connectivity index (χ2n) is 2.39. The Bertz CT molecular complexity index is 101. The van der Waals surface area contributed by atoms with Crippen LogP contribution in [0.4, 0.5) is 0 Å². The topological polar surface area (TPSA) is 36.9 Å². The molecule has 0 aromatic rings. The Morgan fingerprint density at radius 1 is 1.17 bits per heavy atom. The van der Waals surface area contributed by atoms with E-state index in [-0.39, 0.29) is 9.76 Å². The van der Waals surface area contributed by atoms with E-state index in [1.807, 2.05) is 0 Å². The van der Waals surface area contributed by atoms with Gasteiger partial charge in [-0.15, -0.1) is 0 Å². The Hall–Kier alpha value is 0.491. The van der Waals surface area contributed by atoms with Crippen LogP contribution in [0.2, 0.25) is 12.1 Å². The van der Waals surface area contributed by atoms with E-state index in [0.29, 0.717) is 0 Å². The molecule has 0 heterocycles. The molecule has 0 aliphatic rings. The molecule has 0 atom stereocenters. The van der Waals surface area contributed by atoms with Crippen molar-refractivity contribution in [2.45, 2.75) is 12.1 Å². The number of hydrogen-bond donors (Lipinski definition) is 0. The molecule has 0 saturated carbocycles. The molecule has 7 heteroatoms. The van der Waals surface area contributed by atoms with Crippen molar-refractivity contribution in [2.24, 2.45) is 0 Å². The fourth-order valence-electron chi connectivity index (χ4n) is 0.989. The standard InChI is InChI=1S/C5H18O4Si3/c1-6-12(7-2,8-3)5-4-11-9-10/h4-5,11H2,1-3,10H3. The molecule has 12 heavy (non-hydrogen) atoms. The van der Waals surface area contributed by atoms with E-state index in [9.17, 15) is 0 Å². The predicted molar refractivity (Wildman–Crippen MR) is 56.0 cm³/mol. The maximum atomic E-state index is 5.26. The third-order valence-corrected chi connectivity index (χ3v) is 7.58. The molecule has 0 rings (SSSR count). The van der Waals surface area contributed by atoms with Crippen molar-refractivity contribution >= 4 is 29.1 Å². The van der Waals surface area contributed by atoms with E-state index in [1.165, 1.54) is 0 Å². The number of hydrogen-bond acceptors (Lipinski definition) is 4. The first-order valence-corrected chi connectivity index (χ1v) is 8.21. The molecule has 0 fully saturated rings. The van der Waals surface area contributed by atoms with E-state index >= 15 is 0 Å². The summed E-state index contributed by atoms with van der Waals surface area (Å²) in [6, 6.07) is 1.95. The largest absolute Gasteiger partial charge is 0.499 e. The quantitative estimate of drug-likeness (QED) is 0.398. The fourth-order valence-corrected chi connectivity index (χ4v) is 5.57. The summed E-state index contributed by atoms with van der Waals surface area (Å²) in [6.45, 7) is 0. The predicted octanol–water partition coefficient (Wildman–Crippen LogP) is -1.34. The van der Waals surface area contributed by atoms with Crippen molar-refractivity contribution in [3.8, 4) is 0 Å². The highest BCUT2D eigenvalue weighted by Gasteiger charge is 2.36. The van der Waals surface area contributed by atoms with Gasteiger partial charge in [-0.3, -0.25) is 0 Å². The summed E-state index contributed by atoms with van der Waals surface area (Å²) in [7, 11) is 3.16. The van der Waals surface area contributed by atoms with Crippen LogP contribution >= 0.6 is 0 Å². The second-order valence-corrected chi connectivity index (χ2v) is 8.91. The van der Waals surface area contributed by atoms with Gasteiger partial charge < -0.3 is 17.4 Å².